The molecule has 2 N–H and O–H groups in total. The van der Waals surface area contributed by atoms with Crippen LogP contribution in [0.15, 0.2) is 12.1 Å². The second kappa shape index (κ2) is 6.99. The minimum absolute atomic E-state index is 0.00370. The van der Waals surface area contributed by atoms with E-state index in [1.165, 1.54) is 12.1 Å². The van der Waals surface area contributed by atoms with E-state index in [4.69, 9.17) is 5.11 Å². The summed E-state index contributed by atoms with van der Waals surface area (Å²) in [6.45, 7) is 3.32. The Morgan fingerprint density at radius 2 is 1.95 bits per heavy atom. The second-order valence-corrected chi connectivity index (χ2v) is 5.19. The molecule has 2 rings (SSSR count). The first-order chi connectivity index (χ1) is 9.67. The first kappa shape index (κ1) is 15.2. The summed E-state index contributed by atoms with van der Waals surface area (Å²) in [6.07, 6.45) is 2.93. The molecule has 0 spiro atoms. The molecule has 0 saturated heterocycles. The average Bonchev–Trinajstić information content (AvgIpc) is 2.33. The maximum absolute atomic E-state index is 14.2. The van der Waals surface area contributed by atoms with Gasteiger partial charge in [-0.15, -0.1) is 0 Å². The number of benzene rings is 1. The zero-order valence-corrected chi connectivity index (χ0v) is 11.8. The van der Waals surface area contributed by atoms with Crippen LogP contribution in [0.1, 0.15) is 31.7 Å². The zero-order chi connectivity index (χ0) is 14.5. The van der Waals surface area contributed by atoms with Crippen LogP contribution in [0.25, 0.3) is 0 Å². The maximum Gasteiger partial charge on any atom is 0.149 e. The summed E-state index contributed by atoms with van der Waals surface area (Å²) >= 11 is 0. The van der Waals surface area contributed by atoms with Crippen LogP contribution in [-0.4, -0.2) is 30.8 Å². The van der Waals surface area contributed by atoms with Gasteiger partial charge >= 0.3 is 0 Å². The molecule has 1 aromatic rings. The van der Waals surface area contributed by atoms with E-state index in [1.54, 1.807) is 4.90 Å². The molecule has 0 heterocycles. The van der Waals surface area contributed by atoms with Gasteiger partial charge in [-0.25, -0.2) is 8.78 Å². The van der Waals surface area contributed by atoms with Crippen molar-refractivity contribution >= 4 is 5.69 Å². The highest BCUT2D eigenvalue weighted by molar-refractivity contribution is 5.52. The van der Waals surface area contributed by atoms with E-state index in [0.717, 1.165) is 25.8 Å². The van der Waals surface area contributed by atoms with Gasteiger partial charge in [-0.1, -0.05) is 6.92 Å². The largest absolute Gasteiger partial charge is 0.395 e. The van der Waals surface area contributed by atoms with Gasteiger partial charge in [0.25, 0.3) is 0 Å². The normalized spacial score (nSPS) is 15.2. The smallest absolute Gasteiger partial charge is 0.149 e. The van der Waals surface area contributed by atoms with E-state index in [2.05, 4.69) is 5.32 Å². The molecular formula is C15H22F2N2O. The van der Waals surface area contributed by atoms with Gasteiger partial charge in [0.15, 0.2) is 0 Å². The van der Waals surface area contributed by atoms with Gasteiger partial charge in [-0.3, -0.25) is 0 Å². The predicted molar refractivity (Wildman–Crippen MR) is 75.8 cm³/mol. The molecule has 1 aliphatic rings. The third-order valence-electron chi connectivity index (χ3n) is 3.80. The SMILES string of the molecule is CCNCc1cc(F)c(N(CCO)C2CCC2)c(F)c1. The minimum atomic E-state index is -0.543. The Hall–Kier alpha value is -1.20. The minimum Gasteiger partial charge on any atom is -0.395 e. The van der Waals surface area contributed by atoms with Crippen LogP contribution in [-0.2, 0) is 6.54 Å². The van der Waals surface area contributed by atoms with Crippen LogP contribution in [0, 0.1) is 11.6 Å². The van der Waals surface area contributed by atoms with E-state index < -0.39 is 11.6 Å². The number of hydrogen-bond acceptors (Lipinski definition) is 3. The van der Waals surface area contributed by atoms with Gasteiger partial charge < -0.3 is 15.3 Å². The topological polar surface area (TPSA) is 35.5 Å². The molecule has 3 nitrogen and oxygen atoms in total. The number of hydrogen-bond donors (Lipinski definition) is 2. The Morgan fingerprint density at radius 3 is 2.40 bits per heavy atom. The van der Waals surface area contributed by atoms with Crippen molar-refractivity contribution in [3.8, 4) is 0 Å². The number of aliphatic hydroxyl groups excluding tert-OH is 1. The third kappa shape index (κ3) is 3.27. The fraction of sp³-hybridized carbons (Fsp3) is 0.600. The van der Waals surface area contributed by atoms with Crippen molar-refractivity contribution in [3.63, 3.8) is 0 Å². The number of aliphatic hydroxyl groups is 1. The highest BCUT2D eigenvalue weighted by atomic mass is 19.1. The first-order valence-electron chi connectivity index (χ1n) is 7.23. The van der Waals surface area contributed by atoms with Crippen molar-refractivity contribution in [2.75, 3.05) is 24.6 Å². The average molecular weight is 284 g/mol. The quantitative estimate of drug-likeness (QED) is 0.807. The number of anilines is 1. The van der Waals surface area contributed by atoms with E-state index in [0.29, 0.717) is 12.1 Å². The van der Waals surface area contributed by atoms with Crippen LogP contribution in [0.3, 0.4) is 0 Å². The molecule has 0 aliphatic heterocycles. The predicted octanol–water partition coefficient (Wildman–Crippen LogP) is 2.43. The van der Waals surface area contributed by atoms with Gasteiger partial charge in [0.1, 0.15) is 17.3 Å². The number of rotatable bonds is 7. The Labute approximate surface area is 118 Å². The fourth-order valence-corrected chi connectivity index (χ4v) is 2.55. The molecule has 0 unspecified atom stereocenters. The Bertz CT molecular complexity index is 426. The lowest BCUT2D eigenvalue weighted by Gasteiger charge is -2.39. The Morgan fingerprint density at radius 1 is 1.30 bits per heavy atom. The Balaban J connectivity index is 2.24. The molecule has 20 heavy (non-hydrogen) atoms. The van der Waals surface area contributed by atoms with Crippen molar-refractivity contribution in [3.05, 3.63) is 29.3 Å². The zero-order valence-electron chi connectivity index (χ0n) is 11.8. The summed E-state index contributed by atoms with van der Waals surface area (Å²) in [7, 11) is 0. The number of nitrogens with one attached hydrogen (secondary N) is 1. The van der Waals surface area contributed by atoms with Crippen molar-refractivity contribution in [2.45, 2.75) is 38.8 Å². The lowest BCUT2D eigenvalue weighted by atomic mass is 9.91. The molecule has 1 aliphatic carbocycles. The Kier molecular flexibility index (Phi) is 5.31. The van der Waals surface area contributed by atoms with Gasteiger partial charge in [0.2, 0.25) is 0 Å². The highest BCUT2D eigenvalue weighted by Crippen LogP contribution is 2.33. The summed E-state index contributed by atoms with van der Waals surface area (Å²) in [5.74, 6) is -1.09. The van der Waals surface area contributed by atoms with Crippen LogP contribution in [0.5, 0.6) is 0 Å². The molecule has 1 saturated carbocycles. The molecule has 112 valence electrons. The van der Waals surface area contributed by atoms with Crippen molar-refractivity contribution in [2.24, 2.45) is 0 Å². The van der Waals surface area contributed by atoms with Crippen LogP contribution < -0.4 is 10.2 Å². The monoisotopic (exact) mass is 284 g/mol. The van der Waals surface area contributed by atoms with Crippen LogP contribution >= 0.6 is 0 Å². The summed E-state index contributed by atoms with van der Waals surface area (Å²) in [5.41, 5.74) is 0.604. The van der Waals surface area contributed by atoms with E-state index in [-0.39, 0.29) is 24.9 Å². The van der Waals surface area contributed by atoms with Gasteiger partial charge in [0, 0.05) is 19.1 Å². The molecule has 0 bridgehead atoms. The third-order valence-corrected chi connectivity index (χ3v) is 3.80. The summed E-state index contributed by atoms with van der Waals surface area (Å²) in [4.78, 5) is 1.67. The molecular weight excluding hydrogens is 262 g/mol. The van der Waals surface area contributed by atoms with Gasteiger partial charge in [-0.2, -0.15) is 0 Å². The molecule has 0 amide bonds. The highest BCUT2D eigenvalue weighted by Gasteiger charge is 2.28. The second-order valence-electron chi connectivity index (χ2n) is 5.19. The maximum atomic E-state index is 14.2. The van der Waals surface area contributed by atoms with Crippen LogP contribution in [0.2, 0.25) is 0 Å². The summed E-state index contributed by atoms with van der Waals surface area (Å²) in [5, 5.41) is 12.2. The molecule has 1 aromatic carbocycles. The van der Waals surface area contributed by atoms with Crippen molar-refractivity contribution < 1.29 is 13.9 Å². The van der Waals surface area contributed by atoms with E-state index in [1.807, 2.05) is 6.92 Å². The van der Waals surface area contributed by atoms with E-state index >= 15 is 0 Å². The number of nitrogens with zero attached hydrogens (tertiary/aromatic N) is 1. The fourth-order valence-electron chi connectivity index (χ4n) is 2.55. The molecule has 0 radical (unpaired) electrons. The lowest BCUT2D eigenvalue weighted by Crippen LogP contribution is -2.43. The van der Waals surface area contributed by atoms with Crippen LogP contribution in [0.4, 0.5) is 14.5 Å². The standard InChI is InChI=1S/C15H22F2N2O/c1-2-18-10-11-8-13(16)15(14(17)9-11)19(6-7-20)12-4-3-5-12/h8-9,12,18,20H,2-7,10H2,1H3. The van der Waals surface area contributed by atoms with E-state index in [9.17, 15) is 8.78 Å². The summed E-state index contributed by atoms with van der Waals surface area (Å²) < 4.78 is 28.5. The lowest BCUT2D eigenvalue weighted by molar-refractivity contribution is 0.281. The van der Waals surface area contributed by atoms with Crippen molar-refractivity contribution in [1.29, 1.82) is 0 Å². The molecule has 0 aromatic heterocycles. The number of halogens is 2. The summed E-state index contributed by atoms with van der Waals surface area (Å²) in [6, 6.07) is 2.90. The molecule has 1 fully saturated rings. The first-order valence-corrected chi connectivity index (χ1v) is 7.23. The molecule has 0 atom stereocenters. The van der Waals surface area contributed by atoms with Gasteiger partial charge in [0.05, 0.1) is 6.61 Å². The van der Waals surface area contributed by atoms with Gasteiger partial charge in [-0.05, 0) is 43.5 Å². The molecule has 5 heteroatoms. The van der Waals surface area contributed by atoms with Crippen molar-refractivity contribution in [1.82, 2.24) is 5.32 Å².